The summed E-state index contributed by atoms with van der Waals surface area (Å²) >= 11 is 0. The molecule has 1 heterocycles. The lowest BCUT2D eigenvalue weighted by atomic mass is 10.1. The molecule has 0 aromatic rings. The first-order valence-electron chi connectivity index (χ1n) is 3.43. The van der Waals surface area contributed by atoms with Gasteiger partial charge in [0.05, 0.1) is 0 Å². The Hall–Kier alpha value is -1.46. The number of hydrogen-bond acceptors (Lipinski definition) is 2. The Morgan fingerprint density at radius 2 is 2.08 bits per heavy atom. The van der Waals surface area contributed by atoms with Gasteiger partial charge in [0.2, 0.25) is 5.91 Å². The van der Waals surface area contributed by atoms with Crippen LogP contribution in [0.15, 0.2) is 23.4 Å². The van der Waals surface area contributed by atoms with Crippen LogP contribution in [0, 0.1) is 0 Å². The number of alkyl halides is 3. The molecule has 0 unspecified atom stereocenters. The third-order valence-electron chi connectivity index (χ3n) is 1.54. The summed E-state index contributed by atoms with van der Waals surface area (Å²) in [6, 6.07) is 0. The van der Waals surface area contributed by atoms with Crippen LogP contribution in [0.25, 0.3) is 0 Å². The number of dihydropyridines is 1. The maximum Gasteiger partial charge on any atom is 0.430 e. The van der Waals surface area contributed by atoms with Gasteiger partial charge in [-0.05, 0) is 12.2 Å². The molecule has 3 N–H and O–H groups in total. The van der Waals surface area contributed by atoms with Crippen molar-refractivity contribution >= 4 is 5.91 Å². The van der Waals surface area contributed by atoms with E-state index in [0.717, 1.165) is 12.2 Å². The van der Waals surface area contributed by atoms with Crippen molar-refractivity contribution in [2.45, 2.75) is 6.18 Å². The minimum atomic E-state index is -4.40. The van der Waals surface area contributed by atoms with Crippen LogP contribution in [-0.2, 0) is 4.79 Å². The molecule has 1 aliphatic rings. The predicted octanol–water partition coefficient (Wildman–Crippen LogP) is 0.448. The number of carbonyl (C=O) groups is 1. The maximum absolute atomic E-state index is 12.0. The first-order valence-corrected chi connectivity index (χ1v) is 3.43. The van der Waals surface area contributed by atoms with Crippen molar-refractivity contribution in [1.82, 2.24) is 5.32 Å². The first kappa shape index (κ1) is 9.63. The Morgan fingerprint density at radius 3 is 2.38 bits per heavy atom. The van der Waals surface area contributed by atoms with Crippen molar-refractivity contribution in [3.63, 3.8) is 0 Å². The zero-order valence-corrected chi connectivity index (χ0v) is 6.48. The molecule has 0 bridgehead atoms. The number of carbonyl (C=O) groups excluding carboxylic acids is 1. The highest BCUT2D eigenvalue weighted by atomic mass is 19.4. The van der Waals surface area contributed by atoms with E-state index in [2.05, 4.69) is 5.32 Å². The van der Waals surface area contributed by atoms with Crippen LogP contribution in [-0.4, -0.2) is 18.6 Å². The van der Waals surface area contributed by atoms with Gasteiger partial charge in [-0.2, -0.15) is 13.2 Å². The zero-order valence-electron chi connectivity index (χ0n) is 6.48. The molecular weight excluding hydrogens is 185 g/mol. The molecule has 0 aromatic heterocycles. The lowest BCUT2D eigenvalue weighted by Gasteiger charge is -2.17. The van der Waals surface area contributed by atoms with Gasteiger partial charge >= 0.3 is 6.18 Å². The highest BCUT2D eigenvalue weighted by Crippen LogP contribution is 2.25. The number of rotatable bonds is 1. The molecule has 0 saturated carbocycles. The second kappa shape index (κ2) is 3.12. The lowest BCUT2D eigenvalue weighted by Crippen LogP contribution is -2.33. The summed E-state index contributed by atoms with van der Waals surface area (Å²) in [6.45, 7) is -0.180. The molecule has 0 spiro atoms. The van der Waals surface area contributed by atoms with Crippen molar-refractivity contribution < 1.29 is 18.0 Å². The zero-order chi connectivity index (χ0) is 10.1. The molecular formula is C7H7F3N2O. The molecule has 6 heteroatoms. The minimum Gasteiger partial charge on any atom is -0.377 e. The quantitative estimate of drug-likeness (QED) is 0.633. The maximum atomic E-state index is 12.0. The van der Waals surface area contributed by atoms with E-state index in [-0.39, 0.29) is 12.1 Å². The average Bonchev–Trinajstić information content (AvgIpc) is 2.03. The summed E-state index contributed by atoms with van der Waals surface area (Å²) in [5.41, 5.74) is 4.13. The van der Waals surface area contributed by atoms with E-state index in [1.807, 2.05) is 0 Å². The van der Waals surface area contributed by atoms with Gasteiger partial charge < -0.3 is 11.1 Å². The van der Waals surface area contributed by atoms with Crippen LogP contribution < -0.4 is 11.1 Å². The summed E-state index contributed by atoms with van der Waals surface area (Å²) in [5, 5.41) is 2.06. The minimum absolute atomic E-state index is 0.132. The third kappa shape index (κ3) is 2.24. The second-order valence-electron chi connectivity index (χ2n) is 2.49. The summed E-state index contributed by atoms with van der Waals surface area (Å²) in [5.74, 6) is -0.718. The number of nitrogens with two attached hydrogens (primary N) is 1. The van der Waals surface area contributed by atoms with Crippen LogP contribution in [0.1, 0.15) is 0 Å². The van der Waals surface area contributed by atoms with Gasteiger partial charge in [-0.15, -0.1) is 0 Å². The van der Waals surface area contributed by atoms with E-state index in [9.17, 15) is 18.0 Å². The number of hydrogen-bond donors (Lipinski definition) is 2. The van der Waals surface area contributed by atoms with E-state index < -0.39 is 17.8 Å². The molecule has 1 amide bonds. The van der Waals surface area contributed by atoms with Gasteiger partial charge in [0.25, 0.3) is 0 Å². The molecule has 0 aliphatic carbocycles. The van der Waals surface area contributed by atoms with Crippen molar-refractivity contribution in [3.8, 4) is 0 Å². The Labute approximate surface area is 72.1 Å². The van der Waals surface area contributed by atoms with Crippen LogP contribution in [0.3, 0.4) is 0 Å². The SMILES string of the molecule is NC(=O)C1=CC=C(C(F)(F)F)NC1. The number of nitrogens with one attached hydrogen (secondary N) is 1. The molecule has 0 aromatic carbocycles. The molecule has 72 valence electrons. The van der Waals surface area contributed by atoms with Crippen LogP contribution >= 0.6 is 0 Å². The molecule has 1 aliphatic heterocycles. The molecule has 13 heavy (non-hydrogen) atoms. The largest absolute Gasteiger partial charge is 0.430 e. The Kier molecular flexibility index (Phi) is 2.31. The predicted molar refractivity (Wildman–Crippen MR) is 39.4 cm³/mol. The smallest absolute Gasteiger partial charge is 0.377 e. The van der Waals surface area contributed by atoms with E-state index >= 15 is 0 Å². The molecule has 0 fully saturated rings. The molecule has 0 atom stereocenters. The highest BCUT2D eigenvalue weighted by molar-refractivity contribution is 5.93. The van der Waals surface area contributed by atoms with E-state index in [1.54, 1.807) is 0 Å². The average molecular weight is 192 g/mol. The van der Waals surface area contributed by atoms with Gasteiger partial charge in [-0.3, -0.25) is 4.79 Å². The van der Waals surface area contributed by atoms with Crippen molar-refractivity contribution in [2.24, 2.45) is 5.73 Å². The number of halogens is 3. The van der Waals surface area contributed by atoms with Crippen molar-refractivity contribution in [3.05, 3.63) is 23.4 Å². The lowest BCUT2D eigenvalue weighted by molar-refractivity contribution is -0.115. The molecule has 3 nitrogen and oxygen atoms in total. The Balaban J connectivity index is 2.82. The summed E-state index contributed by atoms with van der Waals surface area (Å²) in [6.07, 6.45) is -2.54. The van der Waals surface area contributed by atoms with E-state index in [1.165, 1.54) is 0 Å². The van der Waals surface area contributed by atoms with E-state index in [4.69, 9.17) is 5.73 Å². The molecule has 0 radical (unpaired) electrons. The summed E-state index contributed by atoms with van der Waals surface area (Å²) in [4.78, 5) is 10.5. The number of allylic oxidation sites excluding steroid dienone is 3. The fraction of sp³-hybridized carbons (Fsp3) is 0.286. The van der Waals surface area contributed by atoms with Crippen LogP contribution in [0.2, 0.25) is 0 Å². The third-order valence-corrected chi connectivity index (χ3v) is 1.54. The van der Waals surface area contributed by atoms with Gasteiger partial charge in [-0.25, -0.2) is 0 Å². The van der Waals surface area contributed by atoms with Gasteiger partial charge in [-0.1, -0.05) is 0 Å². The Bertz CT molecular complexity index is 291. The van der Waals surface area contributed by atoms with Crippen molar-refractivity contribution in [1.29, 1.82) is 0 Å². The summed E-state index contributed by atoms with van der Waals surface area (Å²) < 4.78 is 36.0. The van der Waals surface area contributed by atoms with Crippen molar-refractivity contribution in [2.75, 3.05) is 6.54 Å². The topological polar surface area (TPSA) is 55.1 Å². The summed E-state index contributed by atoms with van der Waals surface area (Å²) in [7, 11) is 0. The van der Waals surface area contributed by atoms with Gasteiger partial charge in [0.1, 0.15) is 5.70 Å². The second-order valence-corrected chi connectivity index (χ2v) is 2.49. The standard InChI is InChI=1S/C7H7F3N2O/c8-7(9,10)5-2-1-4(3-12-5)6(11)13/h1-2,12H,3H2,(H2,11,13). The monoisotopic (exact) mass is 192 g/mol. The van der Waals surface area contributed by atoms with Crippen LogP contribution in [0.4, 0.5) is 13.2 Å². The molecule has 1 rings (SSSR count). The normalized spacial score (nSPS) is 17.2. The van der Waals surface area contributed by atoms with Gasteiger partial charge in [0.15, 0.2) is 0 Å². The fourth-order valence-corrected chi connectivity index (χ4v) is 0.856. The van der Waals surface area contributed by atoms with Crippen LogP contribution in [0.5, 0.6) is 0 Å². The number of primary amides is 1. The highest BCUT2D eigenvalue weighted by Gasteiger charge is 2.34. The first-order chi connectivity index (χ1) is 5.91. The molecule has 0 saturated heterocycles. The Morgan fingerprint density at radius 1 is 1.46 bits per heavy atom. The van der Waals surface area contributed by atoms with Gasteiger partial charge in [0, 0.05) is 12.1 Å². The van der Waals surface area contributed by atoms with E-state index in [0.29, 0.717) is 0 Å². The fourth-order valence-electron chi connectivity index (χ4n) is 0.856. The number of amides is 1.